The molecule has 0 saturated heterocycles. The van der Waals surface area contributed by atoms with Crippen molar-refractivity contribution in [2.75, 3.05) is 13.6 Å². The van der Waals surface area contributed by atoms with Gasteiger partial charge in [0.2, 0.25) is 5.91 Å². The van der Waals surface area contributed by atoms with E-state index < -0.39 is 0 Å². The molecule has 5 heteroatoms. The van der Waals surface area contributed by atoms with E-state index in [1.807, 2.05) is 94.5 Å². The van der Waals surface area contributed by atoms with Gasteiger partial charge in [-0.25, -0.2) is 4.39 Å². The highest BCUT2D eigenvalue weighted by Gasteiger charge is 2.17. The Balaban J connectivity index is 0.000000340. The molecule has 3 rings (SSSR count). The van der Waals surface area contributed by atoms with Gasteiger partial charge >= 0.3 is 0 Å². The summed E-state index contributed by atoms with van der Waals surface area (Å²) < 4.78 is 14.0. The van der Waals surface area contributed by atoms with Gasteiger partial charge in [-0.3, -0.25) is 9.79 Å². The summed E-state index contributed by atoms with van der Waals surface area (Å²) in [5, 5.41) is 1.99. The number of hydrogen-bond acceptors (Lipinski definition) is 3. The average Bonchev–Trinajstić information content (AvgIpc) is 3.03. The summed E-state index contributed by atoms with van der Waals surface area (Å²) >= 11 is 1.62. The van der Waals surface area contributed by atoms with E-state index in [2.05, 4.69) is 11.9 Å². The highest BCUT2D eigenvalue weighted by atomic mass is 32.2. The van der Waals surface area contributed by atoms with Crippen LogP contribution in [0.1, 0.15) is 65.5 Å². The Morgan fingerprint density at radius 3 is 2.35 bits per heavy atom. The van der Waals surface area contributed by atoms with Crippen molar-refractivity contribution < 1.29 is 9.18 Å². The molecular formula is C29H39FN2OS. The Kier molecular flexibility index (Phi) is 13.9. The number of benzene rings is 2. The predicted molar refractivity (Wildman–Crippen MR) is 146 cm³/mol. The lowest BCUT2D eigenvalue weighted by molar-refractivity contribution is -0.132. The SMILES string of the molecule is C/C=C\C(C)C(=O)N(C)CCCC.CC.CC1=CSc2ccccc2C(c2ccccc2F)=N1. The molecule has 0 spiro atoms. The zero-order chi connectivity index (χ0) is 25.5. The van der Waals surface area contributed by atoms with Gasteiger partial charge in [0.1, 0.15) is 5.82 Å². The van der Waals surface area contributed by atoms with Crippen LogP contribution >= 0.6 is 11.8 Å². The number of allylic oxidation sites excluding steroid dienone is 2. The van der Waals surface area contributed by atoms with Crippen molar-refractivity contribution in [3.63, 3.8) is 0 Å². The van der Waals surface area contributed by atoms with Crippen molar-refractivity contribution in [2.45, 2.75) is 59.3 Å². The minimum absolute atomic E-state index is 0.0202. The second kappa shape index (κ2) is 16.0. The van der Waals surface area contributed by atoms with Gasteiger partial charge in [-0.1, -0.05) is 88.4 Å². The van der Waals surface area contributed by atoms with Gasteiger partial charge in [-0.15, -0.1) is 0 Å². The fraction of sp³-hybridized carbons (Fsp3) is 0.379. The number of halogens is 1. The number of thioether (sulfide) groups is 1. The van der Waals surface area contributed by atoms with E-state index in [1.165, 1.54) is 6.07 Å². The minimum Gasteiger partial charge on any atom is -0.345 e. The van der Waals surface area contributed by atoms with E-state index in [9.17, 15) is 9.18 Å². The van der Waals surface area contributed by atoms with Crippen LogP contribution in [0.25, 0.3) is 0 Å². The Bertz CT molecular complexity index is 997. The Hall–Kier alpha value is -2.66. The van der Waals surface area contributed by atoms with Crippen LogP contribution in [0.4, 0.5) is 4.39 Å². The molecule has 1 atom stereocenters. The monoisotopic (exact) mass is 482 g/mol. The molecule has 0 bridgehead atoms. The molecule has 0 aromatic heterocycles. The molecule has 0 radical (unpaired) electrons. The van der Waals surface area contributed by atoms with Gasteiger partial charge in [-0.05, 0) is 43.9 Å². The van der Waals surface area contributed by atoms with Crippen molar-refractivity contribution in [3.8, 4) is 0 Å². The molecule has 2 aromatic rings. The standard InChI is InChI=1S/C16H12FNS.C11H21NO.C2H6/c1-11-10-19-15-9-5-3-7-13(15)16(18-11)12-6-2-4-8-14(12)17;1-5-7-9-12(4)11(13)10(3)8-6-2;1-2/h2-10H,1H3;6,8,10H,5,7,9H2,1-4H3;1-2H3/b;8-6-;. The maximum Gasteiger partial charge on any atom is 0.228 e. The lowest BCUT2D eigenvalue weighted by atomic mass is 10.0. The molecule has 0 fully saturated rings. The topological polar surface area (TPSA) is 32.7 Å². The van der Waals surface area contributed by atoms with Gasteiger partial charge in [-0.2, -0.15) is 0 Å². The smallest absolute Gasteiger partial charge is 0.228 e. The summed E-state index contributed by atoms with van der Waals surface area (Å²) in [5.74, 6) is -0.00541. The zero-order valence-electron chi connectivity index (χ0n) is 21.6. The fourth-order valence-electron chi connectivity index (χ4n) is 3.26. The molecule has 184 valence electrons. The third-order valence-electron chi connectivity index (χ3n) is 5.01. The summed E-state index contributed by atoms with van der Waals surface area (Å²) in [6.45, 7) is 12.8. The van der Waals surface area contributed by atoms with Crippen LogP contribution in [0.2, 0.25) is 0 Å². The van der Waals surface area contributed by atoms with Crippen LogP contribution in [0, 0.1) is 11.7 Å². The molecule has 1 heterocycles. The van der Waals surface area contributed by atoms with Crippen molar-refractivity contribution in [3.05, 3.63) is 88.7 Å². The number of carbonyl (C=O) groups excluding carboxylic acids is 1. The molecule has 3 nitrogen and oxygen atoms in total. The number of fused-ring (bicyclic) bond motifs is 1. The lowest BCUT2D eigenvalue weighted by Gasteiger charge is -2.19. The van der Waals surface area contributed by atoms with Crippen LogP contribution in [0.15, 0.2) is 81.7 Å². The summed E-state index contributed by atoms with van der Waals surface area (Å²) in [6, 6.07) is 14.7. The van der Waals surface area contributed by atoms with Crippen LogP contribution in [0.3, 0.4) is 0 Å². The number of nitrogens with zero attached hydrogens (tertiary/aromatic N) is 2. The largest absolute Gasteiger partial charge is 0.345 e. The van der Waals surface area contributed by atoms with E-state index in [1.54, 1.807) is 23.9 Å². The highest BCUT2D eigenvalue weighted by molar-refractivity contribution is 8.02. The molecular weight excluding hydrogens is 443 g/mol. The predicted octanol–water partition coefficient (Wildman–Crippen LogP) is 8.11. The van der Waals surface area contributed by atoms with Crippen LogP contribution in [0.5, 0.6) is 0 Å². The van der Waals surface area contributed by atoms with E-state index >= 15 is 0 Å². The minimum atomic E-state index is -0.240. The first kappa shape index (κ1) is 29.4. The highest BCUT2D eigenvalue weighted by Crippen LogP contribution is 2.31. The normalized spacial score (nSPS) is 13.2. The Labute approximate surface area is 209 Å². The van der Waals surface area contributed by atoms with E-state index in [0.717, 1.165) is 35.5 Å². The van der Waals surface area contributed by atoms with Crippen LogP contribution in [-0.4, -0.2) is 30.1 Å². The average molecular weight is 483 g/mol. The summed E-state index contributed by atoms with van der Waals surface area (Å²) in [7, 11) is 1.87. The Morgan fingerprint density at radius 2 is 1.74 bits per heavy atom. The quantitative estimate of drug-likeness (QED) is 0.390. The van der Waals surface area contributed by atoms with Gasteiger partial charge in [0.25, 0.3) is 0 Å². The molecule has 34 heavy (non-hydrogen) atoms. The first-order chi connectivity index (χ1) is 16.4. The van der Waals surface area contributed by atoms with Gasteiger partial charge in [0.15, 0.2) is 0 Å². The third-order valence-corrected chi connectivity index (χ3v) is 6.08. The summed E-state index contributed by atoms with van der Waals surface area (Å²) in [5.41, 5.74) is 3.11. The molecule has 2 aromatic carbocycles. The van der Waals surface area contributed by atoms with Crippen LogP contribution < -0.4 is 0 Å². The number of carbonyl (C=O) groups is 1. The van der Waals surface area contributed by atoms with Crippen molar-refractivity contribution >= 4 is 23.4 Å². The van der Waals surface area contributed by atoms with E-state index in [-0.39, 0.29) is 17.6 Å². The third kappa shape index (κ3) is 8.94. The van der Waals surface area contributed by atoms with Gasteiger partial charge < -0.3 is 4.90 Å². The molecule has 0 aliphatic carbocycles. The zero-order valence-corrected chi connectivity index (χ0v) is 22.5. The number of hydrogen-bond donors (Lipinski definition) is 0. The van der Waals surface area contributed by atoms with Crippen molar-refractivity contribution in [1.29, 1.82) is 0 Å². The van der Waals surface area contributed by atoms with E-state index in [4.69, 9.17) is 0 Å². The first-order valence-electron chi connectivity index (χ1n) is 12.0. The van der Waals surface area contributed by atoms with Crippen molar-refractivity contribution in [2.24, 2.45) is 10.9 Å². The number of amides is 1. The van der Waals surface area contributed by atoms with Crippen LogP contribution in [-0.2, 0) is 4.79 Å². The lowest BCUT2D eigenvalue weighted by Crippen LogP contribution is -2.31. The first-order valence-corrected chi connectivity index (χ1v) is 12.9. The van der Waals surface area contributed by atoms with Gasteiger partial charge in [0, 0.05) is 35.3 Å². The number of rotatable bonds is 6. The Morgan fingerprint density at radius 1 is 1.12 bits per heavy atom. The maximum atomic E-state index is 14.0. The molecule has 1 aliphatic rings. The van der Waals surface area contributed by atoms with E-state index in [0.29, 0.717) is 11.3 Å². The maximum absolute atomic E-state index is 14.0. The summed E-state index contributed by atoms with van der Waals surface area (Å²) in [4.78, 5) is 19.1. The second-order valence-electron chi connectivity index (χ2n) is 7.74. The fourth-order valence-corrected chi connectivity index (χ4v) is 4.06. The van der Waals surface area contributed by atoms with Gasteiger partial charge in [0.05, 0.1) is 11.6 Å². The number of aliphatic imine (C=N–C) groups is 1. The molecule has 1 aliphatic heterocycles. The second-order valence-corrected chi connectivity index (χ2v) is 8.65. The molecule has 1 unspecified atom stereocenters. The number of unbranched alkanes of at least 4 members (excludes halogenated alkanes) is 1. The molecule has 0 N–H and O–H groups in total. The molecule has 0 saturated carbocycles. The van der Waals surface area contributed by atoms with Crippen molar-refractivity contribution in [1.82, 2.24) is 4.90 Å². The summed E-state index contributed by atoms with van der Waals surface area (Å²) in [6.07, 6.45) is 6.08. The molecule has 1 amide bonds.